The fraction of sp³-hybridized carbons (Fsp3) is 0.321. The highest BCUT2D eigenvalue weighted by atomic mass is 16.2. The highest BCUT2D eigenvalue weighted by Gasteiger charge is 2.42. The second-order valence-corrected chi connectivity index (χ2v) is 9.87. The predicted octanol–water partition coefficient (Wildman–Crippen LogP) is 4.06. The maximum atomic E-state index is 13.4. The first-order valence-corrected chi connectivity index (χ1v) is 12.3. The van der Waals surface area contributed by atoms with E-state index in [-0.39, 0.29) is 17.3 Å². The van der Waals surface area contributed by atoms with E-state index >= 15 is 0 Å². The van der Waals surface area contributed by atoms with Crippen LogP contribution in [0.4, 0.5) is 5.95 Å². The number of para-hydroxylation sites is 1. The molecule has 0 unspecified atom stereocenters. The molecule has 0 radical (unpaired) electrons. The Morgan fingerprint density at radius 1 is 0.971 bits per heavy atom. The highest BCUT2D eigenvalue weighted by Crippen LogP contribution is 2.51. The zero-order valence-corrected chi connectivity index (χ0v) is 20.0. The van der Waals surface area contributed by atoms with Crippen LogP contribution in [0.3, 0.4) is 0 Å². The molecule has 3 heterocycles. The zero-order valence-electron chi connectivity index (χ0n) is 20.0. The first kappa shape index (κ1) is 21.8. The van der Waals surface area contributed by atoms with Crippen molar-refractivity contribution < 1.29 is 4.79 Å². The lowest BCUT2D eigenvalue weighted by Gasteiger charge is -2.43. The molecular formula is C28H30N6O. The summed E-state index contributed by atoms with van der Waals surface area (Å²) in [4.78, 5) is 29.4. The number of aromatic amines is 1. The number of nitrogens with two attached hydrogens (primary N) is 1. The van der Waals surface area contributed by atoms with Crippen molar-refractivity contribution >= 4 is 22.8 Å². The smallest absolute Gasteiger partial charge is 0.256 e. The van der Waals surface area contributed by atoms with Gasteiger partial charge in [0.05, 0.1) is 11.1 Å². The number of benzene rings is 2. The third kappa shape index (κ3) is 3.67. The summed E-state index contributed by atoms with van der Waals surface area (Å²) >= 11 is 0. The summed E-state index contributed by atoms with van der Waals surface area (Å²) in [5.74, 6) is 0.401. The monoisotopic (exact) mass is 466 g/mol. The largest absolute Gasteiger partial charge is 0.368 e. The van der Waals surface area contributed by atoms with Crippen LogP contribution in [-0.4, -0.2) is 63.9 Å². The number of hydrogen-bond donors (Lipinski definition) is 2. The molecule has 7 heteroatoms. The number of anilines is 1. The molecule has 1 aliphatic carbocycles. The molecule has 7 nitrogen and oxygen atoms in total. The Balaban J connectivity index is 1.34. The van der Waals surface area contributed by atoms with E-state index in [1.165, 1.54) is 17.5 Å². The van der Waals surface area contributed by atoms with Gasteiger partial charge in [0.1, 0.15) is 0 Å². The van der Waals surface area contributed by atoms with Crippen molar-refractivity contribution in [2.75, 3.05) is 39.0 Å². The number of nitrogen functional groups attached to an aromatic ring is 1. The van der Waals surface area contributed by atoms with E-state index in [2.05, 4.69) is 63.4 Å². The number of likely N-dealkylation sites (N-methyl/N-ethyl adjacent to an activating group) is 1. The normalized spacial score (nSPS) is 17.9. The van der Waals surface area contributed by atoms with Gasteiger partial charge in [-0.1, -0.05) is 42.8 Å². The molecule has 178 valence electrons. The van der Waals surface area contributed by atoms with Gasteiger partial charge in [0.15, 0.2) is 0 Å². The Bertz CT molecular complexity index is 1360. The topological polar surface area (TPSA) is 91.1 Å². The van der Waals surface area contributed by atoms with E-state index in [9.17, 15) is 4.79 Å². The van der Waals surface area contributed by atoms with Crippen LogP contribution in [-0.2, 0) is 5.41 Å². The average molecular weight is 467 g/mol. The second-order valence-electron chi connectivity index (χ2n) is 9.87. The van der Waals surface area contributed by atoms with Crippen molar-refractivity contribution in [2.24, 2.45) is 0 Å². The van der Waals surface area contributed by atoms with Crippen LogP contribution < -0.4 is 5.73 Å². The summed E-state index contributed by atoms with van der Waals surface area (Å²) in [7, 11) is 2.11. The summed E-state index contributed by atoms with van der Waals surface area (Å²) in [5, 5.41) is 1.15. The van der Waals surface area contributed by atoms with Crippen LogP contribution in [0.1, 0.15) is 40.7 Å². The van der Waals surface area contributed by atoms with Gasteiger partial charge in [0, 0.05) is 61.1 Å². The fourth-order valence-corrected chi connectivity index (χ4v) is 5.62. The highest BCUT2D eigenvalue weighted by molar-refractivity contribution is 6.06. The van der Waals surface area contributed by atoms with Crippen molar-refractivity contribution in [1.82, 2.24) is 24.8 Å². The van der Waals surface area contributed by atoms with Gasteiger partial charge >= 0.3 is 0 Å². The third-order valence-corrected chi connectivity index (χ3v) is 7.90. The minimum atomic E-state index is -0.0378. The zero-order chi connectivity index (χ0) is 24.0. The van der Waals surface area contributed by atoms with Crippen LogP contribution >= 0.6 is 0 Å². The van der Waals surface area contributed by atoms with Gasteiger partial charge in [0.2, 0.25) is 5.95 Å². The maximum Gasteiger partial charge on any atom is 0.256 e. The minimum absolute atomic E-state index is 0.0378. The van der Waals surface area contributed by atoms with Crippen LogP contribution in [0.15, 0.2) is 61.1 Å². The molecule has 0 bridgehead atoms. The fourth-order valence-electron chi connectivity index (χ4n) is 5.62. The number of piperazine rings is 1. The van der Waals surface area contributed by atoms with E-state index in [0.717, 1.165) is 66.6 Å². The quantitative estimate of drug-likeness (QED) is 0.473. The van der Waals surface area contributed by atoms with Crippen LogP contribution in [0.5, 0.6) is 0 Å². The van der Waals surface area contributed by atoms with E-state index in [0.29, 0.717) is 0 Å². The summed E-state index contributed by atoms with van der Waals surface area (Å²) in [6.07, 6.45) is 9.04. The standard InChI is InChI=1S/C28H30N6O/c1-33-12-14-34(15-13-33)26(35)23-5-2-4-22-24(18-30-25(22)23)28(10-3-11-28)21-8-6-19(7-9-21)20-16-31-27(29)32-17-20/h2,4-9,16-18,30H,3,10-15H2,1H3,(H2,29,31,32). The predicted molar refractivity (Wildman–Crippen MR) is 138 cm³/mol. The van der Waals surface area contributed by atoms with E-state index in [1.54, 1.807) is 12.4 Å². The van der Waals surface area contributed by atoms with Gasteiger partial charge in [-0.05, 0) is 42.6 Å². The van der Waals surface area contributed by atoms with Gasteiger partial charge in [0.25, 0.3) is 5.91 Å². The van der Waals surface area contributed by atoms with Crippen LogP contribution in [0, 0.1) is 0 Å². The van der Waals surface area contributed by atoms with Crippen LogP contribution in [0.2, 0.25) is 0 Å². The first-order valence-electron chi connectivity index (χ1n) is 12.3. The third-order valence-electron chi connectivity index (χ3n) is 7.90. The maximum absolute atomic E-state index is 13.4. The minimum Gasteiger partial charge on any atom is -0.368 e. The molecule has 2 aromatic carbocycles. The number of nitrogens with one attached hydrogen (secondary N) is 1. The molecule has 2 aromatic heterocycles. The van der Waals surface area contributed by atoms with E-state index < -0.39 is 0 Å². The lowest BCUT2D eigenvalue weighted by atomic mass is 9.60. The lowest BCUT2D eigenvalue weighted by Crippen LogP contribution is -2.47. The van der Waals surface area contributed by atoms with Gasteiger partial charge < -0.3 is 20.5 Å². The summed E-state index contributed by atoms with van der Waals surface area (Å²) < 4.78 is 0. The molecule has 4 aromatic rings. The van der Waals surface area contributed by atoms with E-state index in [4.69, 9.17) is 5.73 Å². The summed E-state index contributed by atoms with van der Waals surface area (Å²) in [6.45, 7) is 3.38. The molecular weight excluding hydrogens is 436 g/mol. The van der Waals surface area contributed by atoms with Crippen molar-refractivity contribution in [3.05, 3.63) is 77.7 Å². The molecule has 1 aliphatic heterocycles. The number of amides is 1. The number of rotatable bonds is 4. The molecule has 1 saturated heterocycles. The SMILES string of the molecule is CN1CCN(C(=O)c2cccc3c(C4(c5ccc(-c6cnc(N)nc6)cc5)CCC4)c[nH]c23)CC1. The molecule has 2 aliphatic rings. The molecule has 6 rings (SSSR count). The number of fused-ring (bicyclic) bond motifs is 1. The van der Waals surface area contributed by atoms with Crippen molar-refractivity contribution in [1.29, 1.82) is 0 Å². The molecule has 0 spiro atoms. The van der Waals surface area contributed by atoms with Gasteiger partial charge in [-0.25, -0.2) is 9.97 Å². The molecule has 1 amide bonds. The molecule has 3 N–H and O–H groups in total. The Morgan fingerprint density at radius 3 is 2.34 bits per heavy atom. The molecule has 2 fully saturated rings. The Labute approximate surface area is 205 Å². The van der Waals surface area contributed by atoms with Crippen molar-refractivity contribution in [3.63, 3.8) is 0 Å². The summed E-state index contributed by atoms with van der Waals surface area (Å²) in [6, 6.07) is 14.9. The number of carbonyl (C=O) groups excluding carboxylic acids is 1. The van der Waals surface area contributed by atoms with Gasteiger partial charge in [-0.3, -0.25) is 4.79 Å². The van der Waals surface area contributed by atoms with Crippen LogP contribution in [0.25, 0.3) is 22.0 Å². The van der Waals surface area contributed by atoms with Gasteiger partial charge in [-0.2, -0.15) is 0 Å². The number of H-pyrrole nitrogens is 1. The molecule has 1 saturated carbocycles. The Kier molecular flexibility index (Phi) is 5.29. The summed E-state index contributed by atoms with van der Waals surface area (Å²) in [5.41, 5.74) is 11.9. The number of hydrogen-bond acceptors (Lipinski definition) is 5. The number of aromatic nitrogens is 3. The molecule has 0 atom stereocenters. The molecule has 35 heavy (non-hydrogen) atoms. The Hall–Kier alpha value is -3.71. The second kappa shape index (κ2) is 8.50. The lowest BCUT2D eigenvalue weighted by molar-refractivity contribution is 0.0666. The number of nitrogens with zero attached hydrogens (tertiary/aromatic N) is 4. The van der Waals surface area contributed by atoms with Crippen molar-refractivity contribution in [2.45, 2.75) is 24.7 Å². The van der Waals surface area contributed by atoms with Gasteiger partial charge in [-0.15, -0.1) is 0 Å². The number of carbonyl (C=O) groups is 1. The van der Waals surface area contributed by atoms with Crippen molar-refractivity contribution in [3.8, 4) is 11.1 Å². The first-order chi connectivity index (χ1) is 17.0. The average Bonchev–Trinajstić information content (AvgIpc) is 3.29. The van der Waals surface area contributed by atoms with E-state index in [1.807, 2.05) is 17.0 Å². The Morgan fingerprint density at radius 2 is 1.69 bits per heavy atom.